The van der Waals surface area contributed by atoms with Crippen LogP contribution in [0.1, 0.15) is 13.3 Å². The number of carbonyl (C=O) groups is 2. The van der Waals surface area contributed by atoms with E-state index in [4.69, 9.17) is 10.9 Å². The van der Waals surface area contributed by atoms with Crippen molar-refractivity contribution in [2.24, 2.45) is 16.8 Å². The highest BCUT2D eigenvalue weighted by Gasteiger charge is 2.37. The molecule has 1 aliphatic rings. The zero-order valence-electron chi connectivity index (χ0n) is 14.1. The summed E-state index contributed by atoms with van der Waals surface area (Å²) in [4.78, 5) is 27.6. The minimum Gasteiger partial charge on any atom is -0.341 e. The lowest BCUT2D eigenvalue weighted by Gasteiger charge is -2.26. The van der Waals surface area contributed by atoms with E-state index in [1.165, 1.54) is 23.1 Å². The SMILES string of the molecule is CC(CN)N(C)C(=O)C1CC(=O)N(c2cccc(S(N)(=O)=O)c2)C1.Cl. The Morgan fingerprint density at radius 3 is 2.64 bits per heavy atom. The molecule has 0 spiro atoms. The summed E-state index contributed by atoms with van der Waals surface area (Å²) in [7, 11) is -2.20. The first-order chi connectivity index (χ1) is 11.1. The van der Waals surface area contributed by atoms with Crippen molar-refractivity contribution in [1.82, 2.24) is 4.90 Å². The van der Waals surface area contributed by atoms with E-state index in [0.717, 1.165) is 0 Å². The Morgan fingerprint density at radius 2 is 2.08 bits per heavy atom. The molecule has 1 aromatic rings. The molecule has 4 N–H and O–H groups in total. The number of sulfonamides is 1. The van der Waals surface area contributed by atoms with Crippen LogP contribution in [0.15, 0.2) is 29.2 Å². The summed E-state index contributed by atoms with van der Waals surface area (Å²) in [5.74, 6) is -0.852. The molecule has 1 aromatic carbocycles. The Bertz CT molecular complexity index is 756. The molecule has 0 saturated carbocycles. The Labute approximate surface area is 153 Å². The summed E-state index contributed by atoms with van der Waals surface area (Å²) in [5, 5.41) is 5.12. The minimum atomic E-state index is -3.86. The first-order valence-electron chi connectivity index (χ1n) is 7.55. The molecule has 1 heterocycles. The van der Waals surface area contributed by atoms with E-state index in [0.29, 0.717) is 12.2 Å². The molecule has 0 aliphatic carbocycles. The van der Waals surface area contributed by atoms with Crippen molar-refractivity contribution in [1.29, 1.82) is 0 Å². The molecule has 0 aromatic heterocycles. The molecule has 0 radical (unpaired) electrons. The predicted molar refractivity (Wildman–Crippen MR) is 96.8 cm³/mol. The standard InChI is InChI=1S/C15H22N4O4S.ClH/c1-10(8-16)18(2)15(21)11-6-14(20)19(9-11)12-4-3-5-13(7-12)24(17,22)23;/h3-5,7,10-11H,6,8-9,16H2,1-2H3,(H2,17,22,23);1H. The van der Waals surface area contributed by atoms with Crippen LogP contribution in [-0.2, 0) is 19.6 Å². The summed E-state index contributed by atoms with van der Waals surface area (Å²) in [5.41, 5.74) is 5.99. The summed E-state index contributed by atoms with van der Waals surface area (Å²) in [6.45, 7) is 2.37. The van der Waals surface area contributed by atoms with Crippen LogP contribution in [-0.4, -0.2) is 51.3 Å². The number of rotatable bonds is 5. The lowest BCUT2D eigenvalue weighted by atomic mass is 10.1. The number of nitrogens with two attached hydrogens (primary N) is 2. The predicted octanol–water partition coefficient (Wildman–Crippen LogP) is -0.0857. The van der Waals surface area contributed by atoms with Crippen LogP contribution in [0.5, 0.6) is 0 Å². The molecule has 0 bridgehead atoms. The fourth-order valence-electron chi connectivity index (χ4n) is 2.61. The van der Waals surface area contributed by atoms with E-state index < -0.39 is 15.9 Å². The van der Waals surface area contributed by atoms with E-state index in [1.807, 2.05) is 6.92 Å². The van der Waals surface area contributed by atoms with Crippen LogP contribution < -0.4 is 15.8 Å². The second-order valence-electron chi connectivity index (χ2n) is 5.98. The maximum Gasteiger partial charge on any atom is 0.238 e. The number of nitrogens with zero attached hydrogens (tertiary/aromatic N) is 2. The van der Waals surface area contributed by atoms with Crippen molar-refractivity contribution >= 4 is 39.9 Å². The molecule has 2 atom stereocenters. The van der Waals surface area contributed by atoms with Gasteiger partial charge in [-0.25, -0.2) is 13.6 Å². The van der Waals surface area contributed by atoms with Gasteiger partial charge in [-0.3, -0.25) is 9.59 Å². The average molecular weight is 391 g/mol. The van der Waals surface area contributed by atoms with Crippen LogP contribution in [0.25, 0.3) is 0 Å². The molecule has 140 valence electrons. The molecule has 1 saturated heterocycles. The second kappa shape index (κ2) is 8.13. The topological polar surface area (TPSA) is 127 Å². The third kappa shape index (κ3) is 4.69. The molecule has 25 heavy (non-hydrogen) atoms. The van der Waals surface area contributed by atoms with Crippen LogP contribution in [0.2, 0.25) is 0 Å². The van der Waals surface area contributed by atoms with Crippen molar-refractivity contribution in [3.05, 3.63) is 24.3 Å². The fraction of sp³-hybridized carbons (Fsp3) is 0.467. The third-order valence-corrected chi connectivity index (χ3v) is 5.19. The molecule has 1 fully saturated rings. The smallest absolute Gasteiger partial charge is 0.238 e. The molecular weight excluding hydrogens is 368 g/mol. The van der Waals surface area contributed by atoms with Crippen molar-refractivity contribution in [2.45, 2.75) is 24.3 Å². The summed E-state index contributed by atoms with van der Waals surface area (Å²) < 4.78 is 22.9. The summed E-state index contributed by atoms with van der Waals surface area (Å²) >= 11 is 0. The van der Waals surface area contributed by atoms with Gasteiger partial charge in [0.25, 0.3) is 0 Å². The van der Waals surface area contributed by atoms with Crippen LogP contribution in [0.4, 0.5) is 5.69 Å². The van der Waals surface area contributed by atoms with Gasteiger partial charge in [0.1, 0.15) is 0 Å². The maximum absolute atomic E-state index is 12.5. The molecule has 2 unspecified atom stereocenters. The van der Waals surface area contributed by atoms with E-state index >= 15 is 0 Å². The number of hydrogen-bond donors (Lipinski definition) is 2. The molecule has 2 amide bonds. The van der Waals surface area contributed by atoms with E-state index in [9.17, 15) is 18.0 Å². The largest absolute Gasteiger partial charge is 0.341 e. The zero-order valence-corrected chi connectivity index (χ0v) is 15.7. The van der Waals surface area contributed by atoms with Gasteiger partial charge in [-0.05, 0) is 25.1 Å². The van der Waals surface area contributed by atoms with Crippen LogP contribution in [0.3, 0.4) is 0 Å². The molecule has 2 rings (SSSR count). The van der Waals surface area contributed by atoms with Gasteiger partial charge in [0.2, 0.25) is 21.8 Å². The maximum atomic E-state index is 12.5. The molecule has 10 heteroatoms. The van der Waals surface area contributed by atoms with Gasteiger partial charge in [0.15, 0.2) is 0 Å². The highest BCUT2D eigenvalue weighted by Crippen LogP contribution is 2.27. The average Bonchev–Trinajstić information content (AvgIpc) is 2.93. The van der Waals surface area contributed by atoms with Gasteiger partial charge >= 0.3 is 0 Å². The summed E-state index contributed by atoms with van der Waals surface area (Å²) in [6.07, 6.45) is 0.0834. The van der Waals surface area contributed by atoms with Gasteiger partial charge in [-0.2, -0.15) is 0 Å². The van der Waals surface area contributed by atoms with E-state index in [1.54, 1.807) is 18.0 Å². The lowest BCUT2D eigenvalue weighted by molar-refractivity contribution is -0.136. The minimum absolute atomic E-state index is 0. The van der Waals surface area contributed by atoms with Crippen molar-refractivity contribution in [3.8, 4) is 0 Å². The first kappa shape index (κ1) is 21.4. The Kier molecular flexibility index (Phi) is 6.95. The molecule has 8 nitrogen and oxygen atoms in total. The number of halogens is 1. The Balaban J connectivity index is 0.00000312. The third-order valence-electron chi connectivity index (χ3n) is 4.28. The van der Waals surface area contributed by atoms with Crippen molar-refractivity contribution in [2.75, 3.05) is 25.0 Å². The Hall–Kier alpha value is -1.68. The quantitative estimate of drug-likeness (QED) is 0.726. The summed E-state index contributed by atoms with van der Waals surface area (Å²) in [6, 6.07) is 5.71. The molecular formula is C15H23ClN4O4S. The van der Waals surface area contributed by atoms with Gasteiger partial charge in [0.05, 0.1) is 10.8 Å². The number of primary sulfonamides is 1. The van der Waals surface area contributed by atoms with Gasteiger partial charge in [0, 0.05) is 38.3 Å². The highest BCUT2D eigenvalue weighted by molar-refractivity contribution is 7.89. The molecule has 1 aliphatic heterocycles. The number of benzene rings is 1. The number of amides is 2. The first-order valence-corrected chi connectivity index (χ1v) is 9.09. The van der Waals surface area contributed by atoms with Gasteiger partial charge in [-0.1, -0.05) is 6.07 Å². The van der Waals surface area contributed by atoms with E-state index in [2.05, 4.69) is 0 Å². The number of likely N-dealkylation sites (N-methyl/N-ethyl adjacent to an activating group) is 1. The Morgan fingerprint density at radius 1 is 1.44 bits per heavy atom. The number of carbonyl (C=O) groups excluding carboxylic acids is 2. The van der Waals surface area contributed by atoms with Gasteiger partial charge in [-0.15, -0.1) is 12.4 Å². The lowest BCUT2D eigenvalue weighted by Crippen LogP contribution is -2.43. The van der Waals surface area contributed by atoms with E-state index in [-0.39, 0.29) is 48.1 Å². The van der Waals surface area contributed by atoms with Crippen molar-refractivity contribution < 1.29 is 18.0 Å². The zero-order chi connectivity index (χ0) is 18.1. The fourth-order valence-corrected chi connectivity index (χ4v) is 3.17. The van der Waals surface area contributed by atoms with Crippen molar-refractivity contribution in [3.63, 3.8) is 0 Å². The monoisotopic (exact) mass is 390 g/mol. The number of anilines is 1. The highest BCUT2D eigenvalue weighted by atomic mass is 35.5. The second-order valence-corrected chi connectivity index (χ2v) is 7.54. The van der Waals surface area contributed by atoms with Crippen LogP contribution in [0, 0.1) is 5.92 Å². The number of hydrogen-bond acceptors (Lipinski definition) is 5. The van der Waals surface area contributed by atoms with Gasteiger partial charge < -0.3 is 15.5 Å². The normalized spacial score (nSPS) is 18.6. The van der Waals surface area contributed by atoms with Crippen LogP contribution >= 0.6 is 12.4 Å².